The van der Waals surface area contributed by atoms with Crippen molar-refractivity contribution in [3.8, 4) is 0 Å². The third kappa shape index (κ3) is 4.73. The first kappa shape index (κ1) is 19.1. The molecule has 2 aromatic heterocycles. The summed E-state index contributed by atoms with van der Waals surface area (Å²) in [6.45, 7) is 4.05. The Bertz CT molecular complexity index is 877. The Morgan fingerprint density at radius 3 is 2.44 bits per heavy atom. The van der Waals surface area contributed by atoms with E-state index in [1.54, 1.807) is 30.3 Å². The summed E-state index contributed by atoms with van der Waals surface area (Å²) >= 11 is 0. The van der Waals surface area contributed by atoms with E-state index >= 15 is 0 Å². The average molecular weight is 394 g/mol. The first-order valence-electron chi connectivity index (χ1n) is 8.55. The van der Waals surface area contributed by atoms with Crippen LogP contribution >= 0.6 is 0 Å². The van der Waals surface area contributed by atoms with Crippen molar-refractivity contribution in [2.24, 2.45) is 0 Å². The standard InChI is InChI=1S/C16H22N6O4S/c1-13-12-14(19-26-13)22(27(2,24)25)7-4-15(23)20-8-10-21(11-9-20)16-17-5-3-6-18-16/h3,5-6,12H,4,7-11H2,1-2H3. The zero-order valence-corrected chi connectivity index (χ0v) is 16.1. The van der Waals surface area contributed by atoms with Crippen LogP contribution in [0.3, 0.4) is 0 Å². The summed E-state index contributed by atoms with van der Waals surface area (Å²) in [5.74, 6) is 1.24. The van der Waals surface area contributed by atoms with Gasteiger partial charge in [-0.25, -0.2) is 18.4 Å². The highest BCUT2D eigenvalue weighted by Gasteiger charge is 2.25. The number of aromatic nitrogens is 3. The molecule has 1 aliphatic rings. The maximum absolute atomic E-state index is 12.5. The molecule has 1 saturated heterocycles. The Balaban J connectivity index is 1.56. The van der Waals surface area contributed by atoms with Crippen LogP contribution in [-0.2, 0) is 14.8 Å². The molecule has 0 spiro atoms. The molecular weight excluding hydrogens is 372 g/mol. The first-order chi connectivity index (χ1) is 12.8. The molecule has 0 saturated carbocycles. The second-order valence-electron chi connectivity index (χ2n) is 6.30. The predicted molar refractivity (Wildman–Crippen MR) is 98.9 cm³/mol. The minimum Gasteiger partial charge on any atom is -0.360 e. The van der Waals surface area contributed by atoms with Gasteiger partial charge in [-0.1, -0.05) is 5.16 Å². The van der Waals surface area contributed by atoms with Crippen LogP contribution in [-0.4, -0.2) is 73.3 Å². The number of hydrogen-bond acceptors (Lipinski definition) is 8. The van der Waals surface area contributed by atoms with Crippen molar-refractivity contribution in [1.29, 1.82) is 0 Å². The Labute approximate surface area is 157 Å². The molecule has 0 radical (unpaired) electrons. The molecule has 11 heteroatoms. The van der Waals surface area contributed by atoms with E-state index < -0.39 is 10.0 Å². The van der Waals surface area contributed by atoms with Gasteiger partial charge in [0.05, 0.1) is 6.26 Å². The Morgan fingerprint density at radius 2 is 1.89 bits per heavy atom. The average Bonchev–Trinajstić information content (AvgIpc) is 3.07. The third-order valence-corrected chi connectivity index (χ3v) is 5.44. The molecule has 27 heavy (non-hydrogen) atoms. The van der Waals surface area contributed by atoms with Crippen LogP contribution in [0, 0.1) is 6.92 Å². The van der Waals surface area contributed by atoms with E-state index in [-0.39, 0.29) is 24.7 Å². The number of sulfonamides is 1. The molecule has 0 aliphatic carbocycles. The van der Waals surface area contributed by atoms with E-state index in [1.807, 2.05) is 4.90 Å². The van der Waals surface area contributed by atoms with E-state index in [9.17, 15) is 13.2 Å². The highest BCUT2D eigenvalue weighted by Crippen LogP contribution is 2.18. The van der Waals surface area contributed by atoms with Gasteiger partial charge < -0.3 is 14.3 Å². The van der Waals surface area contributed by atoms with Gasteiger partial charge in [0.15, 0.2) is 5.82 Å². The van der Waals surface area contributed by atoms with Gasteiger partial charge in [-0.15, -0.1) is 0 Å². The zero-order chi connectivity index (χ0) is 19.4. The van der Waals surface area contributed by atoms with Crippen LogP contribution < -0.4 is 9.21 Å². The summed E-state index contributed by atoms with van der Waals surface area (Å²) in [5, 5.41) is 3.74. The Kier molecular flexibility index (Phi) is 5.59. The Morgan fingerprint density at radius 1 is 1.22 bits per heavy atom. The maximum Gasteiger partial charge on any atom is 0.233 e. The maximum atomic E-state index is 12.5. The van der Waals surface area contributed by atoms with Gasteiger partial charge >= 0.3 is 0 Å². The van der Waals surface area contributed by atoms with Crippen molar-refractivity contribution < 1.29 is 17.7 Å². The van der Waals surface area contributed by atoms with E-state index in [1.165, 1.54) is 6.07 Å². The highest BCUT2D eigenvalue weighted by atomic mass is 32.2. The molecule has 1 amide bonds. The van der Waals surface area contributed by atoms with Crippen LogP contribution in [0.2, 0.25) is 0 Å². The van der Waals surface area contributed by atoms with Crippen molar-refractivity contribution in [2.75, 3.05) is 48.2 Å². The van der Waals surface area contributed by atoms with Crippen molar-refractivity contribution in [2.45, 2.75) is 13.3 Å². The molecule has 3 heterocycles. The van der Waals surface area contributed by atoms with Crippen molar-refractivity contribution in [3.63, 3.8) is 0 Å². The van der Waals surface area contributed by atoms with Crippen LogP contribution in [0.25, 0.3) is 0 Å². The fourth-order valence-corrected chi connectivity index (χ4v) is 3.74. The fraction of sp³-hybridized carbons (Fsp3) is 0.500. The molecule has 3 rings (SSSR count). The number of amides is 1. The second kappa shape index (κ2) is 7.91. The van der Waals surface area contributed by atoms with Crippen LogP contribution in [0.1, 0.15) is 12.2 Å². The molecule has 1 aliphatic heterocycles. The van der Waals surface area contributed by atoms with E-state index in [0.717, 1.165) is 10.6 Å². The number of carbonyl (C=O) groups excluding carboxylic acids is 1. The fourth-order valence-electron chi connectivity index (χ4n) is 2.89. The van der Waals surface area contributed by atoms with Crippen LogP contribution in [0.5, 0.6) is 0 Å². The number of nitrogens with zero attached hydrogens (tertiary/aromatic N) is 6. The summed E-state index contributed by atoms with van der Waals surface area (Å²) < 4.78 is 30.1. The van der Waals surface area contributed by atoms with Gasteiger partial charge in [0.1, 0.15) is 5.76 Å². The lowest BCUT2D eigenvalue weighted by Gasteiger charge is -2.35. The lowest BCUT2D eigenvalue weighted by molar-refractivity contribution is -0.131. The van der Waals surface area contributed by atoms with Crippen molar-refractivity contribution in [3.05, 3.63) is 30.3 Å². The van der Waals surface area contributed by atoms with Gasteiger partial charge in [-0.2, -0.15) is 0 Å². The molecule has 0 bridgehead atoms. The van der Waals surface area contributed by atoms with E-state index in [0.29, 0.717) is 37.9 Å². The van der Waals surface area contributed by atoms with Crippen molar-refractivity contribution >= 4 is 27.7 Å². The summed E-state index contributed by atoms with van der Waals surface area (Å²) in [6.07, 6.45) is 4.53. The van der Waals surface area contributed by atoms with Gasteiger partial charge in [0.25, 0.3) is 0 Å². The molecule has 1 fully saturated rings. The largest absolute Gasteiger partial charge is 0.360 e. The van der Waals surface area contributed by atoms with Crippen LogP contribution in [0.4, 0.5) is 11.8 Å². The number of aryl methyl sites for hydroxylation is 1. The van der Waals surface area contributed by atoms with E-state index in [2.05, 4.69) is 15.1 Å². The van der Waals surface area contributed by atoms with Gasteiger partial charge in [0, 0.05) is 57.6 Å². The third-order valence-electron chi connectivity index (χ3n) is 4.27. The number of piperazine rings is 1. The molecule has 0 N–H and O–H groups in total. The molecule has 10 nitrogen and oxygen atoms in total. The smallest absolute Gasteiger partial charge is 0.233 e. The summed E-state index contributed by atoms with van der Waals surface area (Å²) in [6, 6.07) is 3.29. The SMILES string of the molecule is Cc1cc(N(CCC(=O)N2CCN(c3ncccn3)CC2)S(C)(=O)=O)no1. The Hall–Kier alpha value is -2.69. The number of hydrogen-bond donors (Lipinski definition) is 0. The summed E-state index contributed by atoms with van der Waals surface area (Å²) in [5.41, 5.74) is 0. The molecule has 2 aromatic rings. The number of rotatable bonds is 6. The normalized spacial score (nSPS) is 15.0. The lowest BCUT2D eigenvalue weighted by Crippen LogP contribution is -2.49. The predicted octanol–water partition coefficient (Wildman–Crippen LogP) is 0.278. The monoisotopic (exact) mass is 394 g/mol. The molecule has 0 atom stereocenters. The molecule has 0 aromatic carbocycles. The summed E-state index contributed by atoms with van der Waals surface area (Å²) in [4.78, 5) is 24.7. The van der Waals surface area contributed by atoms with Gasteiger partial charge in [-0.3, -0.25) is 9.10 Å². The van der Waals surface area contributed by atoms with Gasteiger partial charge in [-0.05, 0) is 13.0 Å². The second-order valence-corrected chi connectivity index (χ2v) is 8.20. The molecular formula is C16H22N6O4S. The lowest BCUT2D eigenvalue weighted by atomic mass is 10.3. The van der Waals surface area contributed by atoms with E-state index in [4.69, 9.17) is 4.52 Å². The number of carbonyl (C=O) groups is 1. The minimum atomic E-state index is -3.56. The summed E-state index contributed by atoms with van der Waals surface area (Å²) in [7, 11) is -3.56. The number of anilines is 2. The highest BCUT2D eigenvalue weighted by molar-refractivity contribution is 7.92. The van der Waals surface area contributed by atoms with Gasteiger partial charge in [0.2, 0.25) is 21.9 Å². The first-order valence-corrected chi connectivity index (χ1v) is 10.4. The molecule has 0 unspecified atom stereocenters. The quantitative estimate of drug-likeness (QED) is 0.686. The topological polar surface area (TPSA) is 113 Å². The van der Waals surface area contributed by atoms with Crippen molar-refractivity contribution in [1.82, 2.24) is 20.0 Å². The minimum absolute atomic E-state index is 0.0195. The van der Waals surface area contributed by atoms with Crippen LogP contribution in [0.15, 0.2) is 29.0 Å². The molecule has 146 valence electrons. The zero-order valence-electron chi connectivity index (χ0n) is 15.3.